The lowest BCUT2D eigenvalue weighted by Gasteiger charge is -2.34. The first-order valence-corrected chi connectivity index (χ1v) is 17.2. The minimum absolute atomic E-state index is 0.0525. The normalized spacial score (nSPS) is 12.1. The SMILES string of the molecule is Cc1ccc(S(=O)(=O)N(CC(=O)N(Cc2ccc(Cl)cc2Cl)C(Cc2ccccc2)C(=O)NC(C)C)c2cc(C)ccc2C)cc1. The molecule has 242 valence electrons. The number of halogens is 2. The lowest BCUT2D eigenvalue weighted by molar-refractivity contribution is -0.140. The molecule has 0 saturated heterocycles. The molecule has 0 aliphatic carbocycles. The van der Waals surface area contributed by atoms with E-state index >= 15 is 0 Å². The van der Waals surface area contributed by atoms with Crippen LogP contribution in [0.1, 0.15) is 41.7 Å². The molecule has 0 bridgehead atoms. The molecule has 4 aromatic carbocycles. The van der Waals surface area contributed by atoms with E-state index in [9.17, 15) is 18.0 Å². The maximum atomic E-state index is 14.6. The molecule has 4 rings (SSSR count). The molecule has 1 unspecified atom stereocenters. The zero-order valence-electron chi connectivity index (χ0n) is 26.6. The fraction of sp³-hybridized carbons (Fsp3) is 0.278. The standard InChI is InChI=1S/C36H39Cl2N3O4S/c1-24(2)39-36(43)34(20-28-9-7-6-8-10-28)40(22-29-15-16-30(37)21-32(29)38)35(42)23-41(33-19-26(4)11-14-27(33)5)46(44,45)31-17-12-25(3)13-18-31/h6-19,21,24,34H,20,22-23H2,1-5H3,(H,39,43). The summed E-state index contributed by atoms with van der Waals surface area (Å²) in [6.45, 7) is 8.62. The number of amides is 2. The molecule has 0 saturated carbocycles. The molecule has 0 fully saturated rings. The predicted molar refractivity (Wildman–Crippen MR) is 186 cm³/mol. The van der Waals surface area contributed by atoms with Crippen LogP contribution >= 0.6 is 23.2 Å². The second kappa shape index (κ2) is 15.2. The van der Waals surface area contributed by atoms with E-state index in [4.69, 9.17) is 23.2 Å². The molecule has 1 atom stereocenters. The first-order chi connectivity index (χ1) is 21.8. The van der Waals surface area contributed by atoms with Crippen LogP contribution in [0.25, 0.3) is 0 Å². The van der Waals surface area contributed by atoms with Crippen molar-refractivity contribution in [3.8, 4) is 0 Å². The van der Waals surface area contributed by atoms with Crippen LogP contribution in [0.4, 0.5) is 5.69 Å². The summed E-state index contributed by atoms with van der Waals surface area (Å²) in [6, 6.07) is 25.1. The Balaban J connectivity index is 1.86. The van der Waals surface area contributed by atoms with Crippen LogP contribution in [-0.4, -0.2) is 43.8 Å². The van der Waals surface area contributed by atoms with Gasteiger partial charge in [0.05, 0.1) is 10.6 Å². The number of hydrogen-bond acceptors (Lipinski definition) is 4. The lowest BCUT2D eigenvalue weighted by Crippen LogP contribution is -2.54. The third-order valence-corrected chi connectivity index (χ3v) is 9.94. The molecule has 0 aromatic heterocycles. The Morgan fingerprint density at radius 3 is 2.11 bits per heavy atom. The third-order valence-electron chi connectivity index (χ3n) is 7.58. The summed E-state index contributed by atoms with van der Waals surface area (Å²) in [6.07, 6.45) is 0.199. The summed E-state index contributed by atoms with van der Waals surface area (Å²) in [4.78, 5) is 30.0. The Morgan fingerprint density at radius 1 is 0.826 bits per heavy atom. The maximum absolute atomic E-state index is 14.6. The fourth-order valence-electron chi connectivity index (χ4n) is 5.11. The van der Waals surface area contributed by atoms with Crippen LogP contribution in [-0.2, 0) is 32.6 Å². The number of nitrogens with one attached hydrogen (secondary N) is 1. The highest BCUT2D eigenvalue weighted by Crippen LogP contribution is 2.30. The Morgan fingerprint density at radius 2 is 1.48 bits per heavy atom. The number of aryl methyl sites for hydroxylation is 3. The van der Waals surface area contributed by atoms with E-state index in [2.05, 4.69) is 5.32 Å². The molecule has 0 aliphatic heterocycles. The minimum atomic E-state index is -4.21. The molecule has 7 nitrogen and oxygen atoms in total. The molecule has 0 spiro atoms. The van der Waals surface area contributed by atoms with Gasteiger partial charge in [-0.25, -0.2) is 8.42 Å². The fourth-order valence-corrected chi connectivity index (χ4v) is 7.05. The zero-order chi connectivity index (χ0) is 33.6. The second-order valence-electron chi connectivity index (χ2n) is 11.7. The van der Waals surface area contributed by atoms with Crippen molar-refractivity contribution in [3.63, 3.8) is 0 Å². The number of carbonyl (C=O) groups excluding carboxylic acids is 2. The minimum Gasteiger partial charge on any atom is -0.352 e. The van der Waals surface area contributed by atoms with Crippen LogP contribution in [0, 0.1) is 20.8 Å². The Hall–Kier alpha value is -3.85. The van der Waals surface area contributed by atoms with E-state index in [0.717, 1.165) is 21.0 Å². The summed E-state index contributed by atoms with van der Waals surface area (Å²) in [5.41, 5.74) is 4.20. The van der Waals surface area contributed by atoms with Gasteiger partial charge < -0.3 is 10.2 Å². The number of hydrogen-bond donors (Lipinski definition) is 1. The Labute approximate surface area is 282 Å². The largest absolute Gasteiger partial charge is 0.352 e. The van der Waals surface area contributed by atoms with Gasteiger partial charge in [0, 0.05) is 29.1 Å². The van der Waals surface area contributed by atoms with E-state index in [0.29, 0.717) is 26.9 Å². The number of benzene rings is 4. The van der Waals surface area contributed by atoms with Crippen LogP contribution in [0.2, 0.25) is 10.0 Å². The lowest BCUT2D eigenvalue weighted by atomic mass is 10.0. The first kappa shape index (κ1) is 35.0. The Bertz CT molecular complexity index is 1800. The summed E-state index contributed by atoms with van der Waals surface area (Å²) >= 11 is 12.8. The quantitative estimate of drug-likeness (QED) is 0.171. The van der Waals surface area contributed by atoms with Crippen LogP contribution in [0.5, 0.6) is 0 Å². The van der Waals surface area contributed by atoms with Crippen molar-refractivity contribution in [1.29, 1.82) is 0 Å². The van der Waals surface area contributed by atoms with Gasteiger partial charge in [-0.15, -0.1) is 0 Å². The van der Waals surface area contributed by atoms with Gasteiger partial charge in [-0.1, -0.05) is 89.4 Å². The topological polar surface area (TPSA) is 86.8 Å². The molecule has 4 aromatic rings. The van der Waals surface area contributed by atoms with Gasteiger partial charge in [-0.05, 0) is 87.2 Å². The summed E-state index contributed by atoms with van der Waals surface area (Å²) in [5.74, 6) is -0.931. The van der Waals surface area contributed by atoms with Crippen molar-refractivity contribution in [3.05, 3.63) is 129 Å². The summed E-state index contributed by atoms with van der Waals surface area (Å²) < 4.78 is 29.7. The van der Waals surface area contributed by atoms with Crippen molar-refractivity contribution in [2.24, 2.45) is 0 Å². The van der Waals surface area contributed by atoms with E-state index in [-0.39, 0.29) is 29.8 Å². The number of nitrogens with zero attached hydrogens (tertiary/aromatic N) is 2. The van der Waals surface area contributed by atoms with Crippen molar-refractivity contribution in [1.82, 2.24) is 10.2 Å². The molecule has 1 N–H and O–H groups in total. The van der Waals surface area contributed by atoms with Gasteiger partial charge in [-0.3, -0.25) is 13.9 Å². The third kappa shape index (κ3) is 8.69. The maximum Gasteiger partial charge on any atom is 0.264 e. The summed E-state index contributed by atoms with van der Waals surface area (Å²) in [7, 11) is -4.21. The molecular weight excluding hydrogens is 641 g/mol. The Kier molecular flexibility index (Phi) is 11.5. The molecule has 0 heterocycles. The number of sulfonamides is 1. The molecule has 0 aliphatic rings. The van der Waals surface area contributed by atoms with Gasteiger partial charge >= 0.3 is 0 Å². The van der Waals surface area contributed by atoms with Gasteiger partial charge in [0.25, 0.3) is 10.0 Å². The average Bonchev–Trinajstić information content (AvgIpc) is 3.00. The summed E-state index contributed by atoms with van der Waals surface area (Å²) in [5, 5.41) is 3.70. The molecule has 0 radical (unpaired) electrons. The van der Waals surface area contributed by atoms with E-state index in [1.807, 2.05) is 70.2 Å². The van der Waals surface area contributed by atoms with Crippen LogP contribution in [0.3, 0.4) is 0 Å². The van der Waals surface area contributed by atoms with Crippen LogP contribution < -0.4 is 9.62 Å². The second-order valence-corrected chi connectivity index (χ2v) is 14.4. The van der Waals surface area contributed by atoms with Gasteiger partial charge in [0.2, 0.25) is 11.8 Å². The number of rotatable bonds is 12. The van der Waals surface area contributed by atoms with Gasteiger partial charge in [0.1, 0.15) is 12.6 Å². The molecule has 46 heavy (non-hydrogen) atoms. The molecule has 10 heteroatoms. The molecular formula is C36H39Cl2N3O4S. The molecule has 2 amide bonds. The van der Waals surface area contributed by atoms with Crippen LogP contribution in [0.15, 0.2) is 95.9 Å². The van der Waals surface area contributed by atoms with Gasteiger partial charge in [0.15, 0.2) is 0 Å². The zero-order valence-corrected chi connectivity index (χ0v) is 29.0. The van der Waals surface area contributed by atoms with Crippen molar-refractivity contribution in [2.75, 3.05) is 10.8 Å². The highest BCUT2D eigenvalue weighted by atomic mass is 35.5. The van der Waals surface area contributed by atoms with Crippen molar-refractivity contribution >= 4 is 50.7 Å². The van der Waals surface area contributed by atoms with Crippen molar-refractivity contribution < 1.29 is 18.0 Å². The monoisotopic (exact) mass is 679 g/mol. The highest BCUT2D eigenvalue weighted by Gasteiger charge is 2.35. The number of carbonyl (C=O) groups is 2. The van der Waals surface area contributed by atoms with Crippen molar-refractivity contribution in [2.45, 2.75) is 64.6 Å². The predicted octanol–water partition coefficient (Wildman–Crippen LogP) is 7.28. The van der Waals surface area contributed by atoms with E-state index in [1.54, 1.807) is 43.3 Å². The van der Waals surface area contributed by atoms with Gasteiger partial charge in [-0.2, -0.15) is 0 Å². The smallest absolute Gasteiger partial charge is 0.264 e. The van der Waals surface area contributed by atoms with E-state index < -0.39 is 28.5 Å². The first-order valence-electron chi connectivity index (χ1n) is 15.0. The van der Waals surface area contributed by atoms with E-state index in [1.165, 1.54) is 17.0 Å². The average molecular weight is 681 g/mol. The highest BCUT2D eigenvalue weighted by molar-refractivity contribution is 7.92. The number of anilines is 1.